The Labute approximate surface area is 153 Å². The van der Waals surface area contributed by atoms with Crippen molar-refractivity contribution >= 4 is 28.2 Å². The minimum atomic E-state index is -0.923. The van der Waals surface area contributed by atoms with E-state index in [1.54, 1.807) is 12.1 Å². The van der Waals surface area contributed by atoms with Gasteiger partial charge in [0.2, 0.25) is 0 Å². The molecule has 0 amide bonds. The van der Waals surface area contributed by atoms with Gasteiger partial charge in [-0.1, -0.05) is 24.3 Å². The average molecular weight is 349 g/mol. The Hall–Kier alpha value is -2.92. The lowest BCUT2D eigenvalue weighted by molar-refractivity contribution is 0.0694. The SMILES string of the molecule is Cc1cc(Nc2cccc(C(=O)O)c2C(C)N(C)C)c2ccccc2n1. The van der Waals surface area contributed by atoms with E-state index >= 15 is 0 Å². The molecule has 0 bridgehead atoms. The number of carbonyl (C=O) groups is 1. The summed E-state index contributed by atoms with van der Waals surface area (Å²) in [6, 6.07) is 15.2. The summed E-state index contributed by atoms with van der Waals surface area (Å²) < 4.78 is 0. The van der Waals surface area contributed by atoms with Crippen molar-refractivity contribution < 1.29 is 9.90 Å². The third kappa shape index (κ3) is 3.39. The third-order valence-electron chi connectivity index (χ3n) is 4.64. The fourth-order valence-corrected chi connectivity index (χ4v) is 3.13. The largest absolute Gasteiger partial charge is 0.478 e. The number of aromatic nitrogens is 1. The number of carboxylic acid groups (broad SMARTS) is 1. The van der Waals surface area contributed by atoms with Crippen molar-refractivity contribution in [3.63, 3.8) is 0 Å². The number of rotatable bonds is 5. The summed E-state index contributed by atoms with van der Waals surface area (Å²) >= 11 is 0. The van der Waals surface area contributed by atoms with E-state index in [2.05, 4.69) is 10.3 Å². The summed E-state index contributed by atoms with van der Waals surface area (Å²) in [5, 5.41) is 14.1. The van der Waals surface area contributed by atoms with Crippen LogP contribution in [-0.4, -0.2) is 35.1 Å². The van der Waals surface area contributed by atoms with Gasteiger partial charge in [0.1, 0.15) is 0 Å². The van der Waals surface area contributed by atoms with E-state index in [0.717, 1.165) is 33.5 Å². The molecule has 0 spiro atoms. The van der Waals surface area contributed by atoms with Crippen molar-refractivity contribution in [1.82, 2.24) is 9.88 Å². The molecule has 26 heavy (non-hydrogen) atoms. The maximum Gasteiger partial charge on any atom is 0.336 e. The number of anilines is 2. The number of benzene rings is 2. The van der Waals surface area contributed by atoms with E-state index < -0.39 is 5.97 Å². The summed E-state index contributed by atoms with van der Waals surface area (Å²) in [6.45, 7) is 3.96. The predicted octanol–water partition coefficient (Wildman–Crippen LogP) is 4.61. The molecule has 2 aromatic carbocycles. The Morgan fingerprint density at radius 1 is 1.12 bits per heavy atom. The van der Waals surface area contributed by atoms with Gasteiger partial charge in [-0.3, -0.25) is 4.98 Å². The molecule has 0 radical (unpaired) electrons. The average Bonchev–Trinajstić information content (AvgIpc) is 2.60. The number of carboxylic acids is 1. The van der Waals surface area contributed by atoms with Crippen molar-refractivity contribution in [3.8, 4) is 0 Å². The van der Waals surface area contributed by atoms with Gasteiger partial charge in [0.15, 0.2) is 0 Å². The van der Waals surface area contributed by atoms with Gasteiger partial charge in [-0.15, -0.1) is 0 Å². The molecule has 0 aliphatic heterocycles. The standard InChI is InChI=1S/C21H23N3O2/c1-13-12-19(15-8-5-6-10-17(15)22-13)23-18-11-7-9-16(21(25)26)20(18)14(2)24(3)4/h5-12,14H,1-4H3,(H,22,23)(H,25,26). The zero-order chi connectivity index (χ0) is 18.8. The molecule has 1 atom stereocenters. The van der Waals surface area contributed by atoms with E-state index in [0.29, 0.717) is 5.56 Å². The second-order valence-corrected chi connectivity index (χ2v) is 6.66. The lowest BCUT2D eigenvalue weighted by Gasteiger charge is -2.25. The van der Waals surface area contributed by atoms with Crippen LogP contribution in [0.25, 0.3) is 10.9 Å². The molecule has 134 valence electrons. The lowest BCUT2D eigenvalue weighted by Crippen LogP contribution is -2.20. The highest BCUT2D eigenvalue weighted by Crippen LogP contribution is 2.34. The minimum Gasteiger partial charge on any atom is -0.478 e. The van der Waals surface area contributed by atoms with Crippen LogP contribution >= 0.6 is 0 Å². The molecule has 3 aromatic rings. The highest BCUT2D eigenvalue weighted by atomic mass is 16.4. The number of aryl methyl sites for hydroxylation is 1. The molecule has 1 heterocycles. The van der Waals surface area contributed by atoms with E-state index in [9.17, 15) is 9.90 Å². The van der Waals surface area contributed by atoms with E-state index in [4.69, 9.17) is 0 Å². The van der Waals surface area contributed by atoms with Gasteiger partial charge < -0.3 is 15.3 Å². The Bertz CT molecular complexity index is 967. The van der Waals surface area contributed by atoms with Crippen LogP contribution in [0.15, 0.2) is 48.5 Å². The molecule has 2 N–H and O–H groups in total. The van der Waals surface area contributed by atoms with Crippen molar-refractivity contribution in [2.75, 3.05) is 19.4 Å². The molecule has 1 unspecified atom stereocenters. The summed E-state index contributed by atoms with van der Waals surface area (Å²) in [6.07, 6.45) is 0. The number of pyridine rings is 1. The van der Waals surface area contributed by atoms with Crippen LogP contribution in [0.3, 0.4) is 0 Å². The molecular formula is C21H23N3O2. The highest BCUT2D eigenvalue weighted by Gasteiger charge is 2.21. The quantitative estimate of drug-likeness (QED) is 0.704. The predicted molar refractivity (Wildman–Crippen MR) is 105 cm³/mol. The third-order valence-corrected chi connectivity index (χ3v) is 4.64. The number of fused-ring (bicyclic) bond motifs is 1. The van der Waals surface area contributed by atoms with Gasteiger partial charge in [-0.2, -0.15) is 0 Å². The molecule has 5 heteroatoms. The maximum absolute atomic E-state index is 11.8. The number of nitrogens with one attached hydrogen (secondary N) is 1. The zero-order valence-electron chi connectivity index (χ0n) is 15.4. The van der Waals surface area contributed by atoms with Crippen LogP contribution in [0.5, 0.6) is 0 Å². The fraction of sp³-hybridized carbons (Fsp3) is 0.238. The highest BCUT2D eigenvalue weighted by molar-refractivity contribution is 5.96. The molecule has 0 aliphatic rings. The van der Waals surface area contributed by atoms with Crippen LogP contribution in [-0.2, 0) is 0 Å². The van der Waals surface area contributed by atoms with E-state index in [1.165, 1.54) is 0 Å². The van der Waals surface area contributed by atoms with Gasteiger partial charge in [0.05, 0.1) is 11.1 Å². The number of hydrogen-bond donors (Lipinski definition) is 2. The first-order chi connectivity index (χ1) is 12.4. The van der Waals surface area contributed by atoms with Crippen molar-refractivity contribution in [2.24, 2.45) is 0 Å². The van der Waals surface area contributed by atoms with E-state index in [1.807, 2.05) is 69.2 Å². The first-order valence-corrected chi connectivity index (χ1v) is 8.54. The summed E-state index contributed by atoms with van der Waals surface area (Å²) in [5.41, 5.74) is 4.61. The van der Waals surface area contributed by atoms with Gasteiger partial charge in [0.25, 0.3) is 0 Å². The van der Waals surface area contributed by atoms with Crippen LogP contribution in [0, 0.1) is 6.92 Å². The molecule has 5 nitrogen and oxygen atoms in total. The van der Waals surface area contributed by atoms with E-state index in [-0.39, 0.29) is 6.04 Å². The molecular weight excluding hydrogens is 326 g/mol. The Morgan fingerprint density at radius 2 is 1.85 bits per heavy atom. The summed E-state index contributed by atoms with van der Waals surface area (Å²) in [4.78, 5) is 18.3. The van der Waals surface area contributed by atoms with Crippen molar-refractivity contribution in [3.05, 3.63) is 65.4 Å². The first-order valence-electron chi connectivity index (χ1n) is 8.54. The van der Waals surface area contributed by atoms with Crippen molar-refractivity contribution in [1.29, 1.82) is 0 Å². The van der Waals surface area contributed by atoms with Crippen molar-refractivity contribution in [2.45, 2.75) is 19.9 Å². The second-order valence-electron chi connectivity index (χ2n) is 6.66. The monoisotopic (exact) mass is 349 g/mol. The number of para-hydroxylation sites is 1. The van der Waals surface area contributed by atoms with Crippen LogP contribution < -0.4 is 5.32 Å². The van der Waals surface area contributed by atoms with Gasteiger partial charge in [-0.25, -0.2) is 4.79 Å². The molecule has 1 aromatic heterocycles. The number of aromatic carboxylic acids is 1. The molecule has 0 aliphatic carbocycles. The number of hydrogen-bond acceptors (Lipinski definition) is 4. The smallest absolute Gasteiger partial charge is 0.336 e. The lowest BCUT2D eigenvalue weighted by atomic mass is 9.98. The maximum atomic E-state index is 11.8. The van der Waals surface area contributed by atoms with Crippen LogP contribution in [0.2, 0.25) is 0 Å². The zero-order valence-corrected chi connectivity index (χ0v) is 15.4. The molecule has 0 saturated carbocycles. The van der Waals surface area contributed by atoms with Crippen LogP contribution in [0.4, 0.5) is 11.4 Å². The Morgan fingerprint density at radius 3 is 2.54 bits per heavy atom. The molecule has 0 fully saturated rings. The molecule has 3 rings (SSSR count). The van der Waals surface area contributed by atoms with Gasteiger partial charge >= 0.3 is 5.97 Å². The van der Waals surface area contributed by atoms with Gasteiger partial charge in [0, 0.05) is 34.1 Å². The normalized spacial score (nSPS) is 12.3. The summed E-state index contributed by atoms with van der Waals surface area (Å²) in [7, 11) is 3.89. The topological polar surface area (TPSA) is 65.5 Å². The fourth-order valence-electron chi connectivity index (χ4n) is 3.13. The van der Waals surface area contributed by atoms with Crippen LogP contribution in [0.1, 0.15) is 34.6 Å². The first kappa shape index (κ1) is 17.9. The Balaban J connectivity index is 2.17. The van der Waals surface area contributed by atoms with Gasteiger partial charge in [-0.05, 0) is 52.2 Å². The minimum absolute atomic E-state index is 0.0565. The Kier molecular flexibility index (Phi) is 4.91. The summed E-state index contributed by atoms with van der Waals surface area (Å²) in [5.74, 6) is -0.923. The second kappa shape index (κ2) is 7.14. The molecule has 0 saturated heterocycles. The number of nitrogens with zero attached hydrogens (tertiary/aromatic N) is 2.